The van der Waals surface area contributed by atoms with E-state index in [0.717, 1.165) is 25.4 Å². The monoisotopic (exact) mass is 299 g/mol. The van der Waals surface area contributed by atoms with Crippen LogP contribution in [0.1, 0.15) is 53.4 Å². The Kier molecular flexibility index (Phi) is 7.46. The molecule has 2 unspecified atom stereocenters. The fourth-order valence-corrected chi connectivity index (χ4v) is 2.77. The van der Waals surface area contributed by atoms with Gasteiger partial charge in [0.05, 0.1) is 6.10 Å². The first-order chi connectivity index (χ1) is 9.85. The summed E-state index contributed by atoms with van der Waals surface area (Å²) in [5.41, 5.74) is -0.0189. The quantitative estimate of drug-likeness (QED) is 0.673. The van der Waals surface area contributed by atoms with E-state index in [0.29, 0.717) is 19.5 Å². The van der Waals surface area contributed by atoms with Crippen molar-refractivity contribution in [3.63, 3.8) is 0 Å². The lowest BCUT2D eigenvalue weighted by molar-refractivity contribution is 0.0723. The maximum Gasteiger partial charge on any atom is 0.314 e. The first-order valence-electron chi connectivity index (χ1n) is 8.30. The lowest BCUT2D eigenvalue weighted by Crippen LogP contribution is -2.55. The van der Waals surface area contributed by atoms with Crippen LogP contribution in [0.25, 0.3) is 0 Å². The van der Waals surface area contributed by atoms with Crippen LogP contribution in [-0.2, 0) is 0 Å². The summed E-state index contributed by atoms with van der Waals surface area (Å²) < 4.78 is 0. The average Bonchev–Trinajstić information content (AvgIpc) is 2.45. The number of carbonyl (C=O) groups excluding carboxylic acids is 1. The number of likely N-dealkylation sites (tertiary alicyclic amines) is 1. The minimum absolute atomic E-state index is 0.0189. The fourth-order valence-electron chi connectivity index (χ4n) is 2.77. The van der Waals surface area contributed by atoms with Gasteiger partial charge >= 0.3 is 6.03 Å². The van der Waals surface area contributed by atoms with Crippen molar-refractivity contribution in [3.8, 4) is 0 Å². The number of aliphatic hydroxyl groups is 1. The van der Waals surface area contributed by atoms with Crippen LogP contribution in [0.3, 0.4) is 0 Å². The number of nitrogens with zero attached hydrogens (tertiary/aromatic N) is 1. The molecule has 0 saturated carbocycles. The second-order valence-electron chi connectivity index (χ2n) is 6.97. The molecule has 5 nitrogen and oxygen atoms in total. The number of amides is 2. The molecule has 1 rings (SSSR count). The summed E-state index contributed by atoms with van der Waals surface area (Å²) in [6.45, 7) is 12.0. The molecule has 0 spiro atoms. The number of carbonyl (C=O) groups is 1. The summed E-state index contributed by atoms with van der Waals surface area (Å²) in [4.78, 5) is 14.3. The van der Waals surface area contributed by atoms with Gasteiger partial charge in [0.2, 0.25) is 0 Å². The predicted octanol–water partition coefficient (Wildman–Crippen LogP) is 1.96. The molecular formula is C16H33N3O2. The van der Waals surface area contributed by atoms with Crippen LogP contribution in [0.5, 0.6) is 0 Å². The molecule has 0 radical (unpaired) electrons. The molecule has 1 heterocycles. The van der Waals surface area contributed by atoms with E-state index in [-0.39, 0.29) is 17.7 Å². The highest BCUT2D eigenvalue weighted by atomic mass is 16.3. The van der Waals surface area contributed by atoms with Crippen molar-refractivity contribution >= 4 is 6.03 Å². The molecule has 124 valence electrons. The van der Waals surface area contributed by atoms with Gasteiger partial charge in [-0.05, 0) is 52.0 Å². The van der Waals surface area contributed by atoms with Crippen molar-refractivity contribution < 1.29 is 9.90 Å². The van der Waals surface area contributed by atoms with Crippen molar-refractivity contribution in [2.75, 3.05) is 26.2 Å². The fraction of sp³-hybridized carbons (Fsp3) is 0.938. The molecule has 5 heteroatoms. The van der Waals surface area contributed by atoms with Gasteiger partial charge in [0, 0.05) is 25.2 Å². The average molecular weight is 299 g/mol. The van der Waals surface area contributed by atoms with Gasteiger partial charge in [-0.2, -0.15) is 0 Å². The van der Waals surface area contributed by atoms with Crippen LogP contribution in [0, 0.1) is 5.92 Å². The van der Waals surface area contributed by atoms with E-state index in [1.807, 2.05) is 6.92 Å². The molecule has 1 fully saturated rings. The summed E-state index contributed by atoms with van der Waals surface area (Å²) in [6.07, 6.45) is 3.56. The summed E-state index contributed by atoms with van der Waals surface area (Å²) >= 11 is 0. The molecule has 2 atom stereocenters. The Morgan fingerprint density at radius 1 is 1.43 bits per heavy atom. The van der Waals surface area contributed by atoms with E-state index in [9.17, 15) is 9.90 Å². The summed E-state index contributed by atoms with van der Waals surface area (Å²) in [5.74, 6) is 0.738. The van der Waals surface area contributed by atoms with Gasteiger partial charge in [0.1, 0.15) is 0 Å². The smallest absolute Gasteiger partial charge is 0.314 e. The van der Waals surface area contributed by atoms with Crippen molar-refractivity contribution in [2.24, 2.45) is 5.92 Å². The van der Waals surface area contributed by atoms with Gasteiger partial charge in [0.15, 0.2) is 0 Å². The molecule has 1 aliphatic rings. The third kappa shape index (κ3) is 6.66. The Bertz CT molecular complexity index is 321. The molecule has 1 aliphatic heterocycles. The van der Waals surface area contributed by atoms with E-state index in [4.69, 9.17) is 0 Å². The van der Waals surface area contributed by atoms with E-state index in [2.05, 4.69) is 36.3 Å². The van der Waals surface area contributed by atoms with Gasteiger partial charge in [-0.1, -0.05) is 13.8 Å². The molecule has 1 saturated heterocycles. The highest BCUT2D eigenvalue weighted by molar-refractivity contribution is 5.73. The zero-order valence-corrected chi connectivity index (χ0v) is 14.1. The van der Waals surface area contributed by atoms with Crippen LogP contribution in [0.4, 0.5) is 4.79 Å². The molecule has 21 heavy (non-hydrogen) atoms. The van der Waals surface area contributed by atoms with Crippen LogP contribution in [0.2, 0.25) is 0 Å². The van der Waals surface area contributed by atoms with Crippen LogP contribution in [0.15, 0.2) is 0 Å². The lowest BCUT2D eigenvalue weighted by Gasteiger charge is -2.43. The molecule has 3 N–H and O–H groups in total. The minimum Gasteiger partial charge on any atom is -0.393 e. The number of piperidine rings is 1. The first-order valence-corrected chi connectivity index (χ1v) is 8.30. The standard InChI is InChI=1S/C16H33N3O2/c1-5-14(20)8-9-17-15(21)18-12-16(3,4)19-10-6-7-13(2)11-19/h13-14,20H,5-12H2,1-4H3,(H2,17,18,21). The largest absolute Gasteiger partial charge is 0.393 e. The van der Waals surface area contributed by atoms with Gasteiger partial charge in [-0.25, -0.2) is 4.79 Å². The van der Waals surface area contributed by atoms with E-state index in [1.165, 1.54) is 12.8 Å². The maximum atomic E-state index is 11.8. The Labute approximate surface area is 129 Å². The van der Waals surface area contributed by atoms with Gasteiger partial charge in [-0.15, -0.1) is 0 Å². The van der Waals surface area contributed by atoms with Gasteiger partial charge in [0.25, 0.3) is 0 Å². The van der Waals surface area contributed by atoms with Crippen molar-refractivity contribution in [3.05, 3.63) is 0 Å². The number of rotatable bonds is 7. The second kappa shape index (κ2) is 8.59. The van der Waals surface area contributed by atoms with Crippen LogP contribution in [-0.4, -0.2) is 53.9 Å². The molecule has 0 aromatic carbocycles. The zero-order valence-electron chi connectivity index (χ0n) is 14.1. The normalized spacial score (nSPS) is 21.9. The lowest BCUT2D eigenvalue weighted by atomic mass is 9.93. The molecule has 0 aromatic heterocycles. The van der Waals surface area contributed by atoms with Crippen molar-refractivity contribution in [1.29, 1.82) is 0 Å². The Morgan fingerprint density at radius 2 is 2.14 bits per heavy atom. The first kappa shape index (κ1) is 18.2. The maximum absolute atomic E-state index is 11.8. The summed E-state index contributed by atoms with van der Waals surface area (Å²) in [6, 6.07) is -0.142. The molecule has 0 aliphatic carbocycles. The van der Waals surface area contributed by atoms with Crippen molar-refractivity contribution in [2.45, 2.75) is 65.0 Å². The number of nitrogens with one attached hydrogen (secondary N) is 2. The molecular weight excluding hydrogens is 266 g/mol. The number of urea groups is 1. The Balaban J connectivity index is 2.27. The molecule has 0 aromatic rings. The predicted molar refractivity (Wildman–Crippen MR) is 86.4 cm³/mol. The van der Waals surface area contributed by atoms with Crippen LogP contribution < -0.4 is 10.6 Å². The van der Waals surface area contributed by atoms with E-state index < -0.39 is 0 Å². The van der Waals surface area contributed by atoms with Crippen LogP contribution >= 0.6 is 0 Å². The summed E-state index contributed by atoms with van der Waals surface area (Å²) in [5, 5.41) is 15.2. The topological polar surface area (TPSA) is 64.6 Å². The number of aliphatic hydroxyl groups excluding tert-OH is 1. The van der Waals surface area contributed by atoms with E-state index >= 15 is 0 Å². The highest BCUT2D eigenvalue weighted by Gasteiger charge is 2.30. The SMILES string of the molecule is CCC(O)CCNC(=O)NCC(C)(C)N1CCCC(C)C1. The highest BCUT2D eigenvalue weighted by Crippen LogP contribution is 2.23. The molecule has 0 bridgehead atoms. The van der Waals surface area contributed by atoms with E-state index in [1.54, 1.807) is 0 Å². The minimum atomic E-state index is -0.323. The molecule has 2 amide bonds. The Morgan fingerprint density at radius 3 is 2.76 bits per heavy atom. The number of hydrogen-bond acceptors (Lipinski definition) is 3. The Hall–Kier alpha value is -0.810. The number of hydrogen-bond donors (Lipinski definition) is 3. The van der Waals surface area contributed by atoms with Crippen molar-refractivity contribution in [1.82, 2.24) is 15.5 Å². The van der Waals surface area contributed by atoms with Gasteiger partial charge < -0.3 is 15.7 Å². The summed E-state index contributed by atoms with van der Waals surface area (Å²) in [7, 11) is 0. The third-order valence-corrected chi connectivity index (χ3v) is 4.43. The third-order valence-electron chi connectivity index (χ3n) is 4.43. The van der Waals surface area contributed by atoms with Gasteiger partial charge in [-0.3, -0.25) is 4.90 Å². The second-order valence-corrected chi connectivity index (χ2v) is 6.97. The zero-order chi connectivity index (χ0) is 15.9.